The Hall–Kier alpha value is -0.150. The fraction of sp³-hybridized carbons (Fsp3) is 0.833. The highest BCUT2D eigenvalue weighted by molar-refractivity contribution is 7.77. The summed E-state index contributed by atoms with van der Waals surface area (Å²) in [6, 6.07) is -0.0197. The van der Waals surface area contributed by atoms with Crippen molar-refractivity contribution in [2.45, 2.75) is 25.3 Å². The molecule has 1 unspecified atom stereocenters. The number of piperidine rings is 1. The smallest absolute Gasteiger partial charge is 0.0439 e. The van der Waals surface area contributed by atoms with Gasteiger partial charge in [0.15, 0.2) is 0 Å². The lowest BCUT2D eigenvalue weighted by molar-refractivity contribution is -0.113. The summed E-state index contributed by atoms with van der Waals surface area (Å²) in [6.07, 6.45) is 3.25. The molecule has 0 radical (unpaired) electrons. The van der Waals surface area contributed by atoms with E-state index in [0.717, 1.165) is 19.4 Å². The molecule has 52 valence electrons. The average molecular weight is 144 g/mol. The number of carbonyl (C=O) groups is 1. The van der Waals surface area contributed by atoms with Crippen LogP contribution in [0.2, 0.25) is 0 Å². The van der Waals surface area contributed by atoms with Gasteiger partial charge in [-0.25, -0.2) is 0 Å². The van der Waals surface area contributed by atoms with Crippen LogP contribution >= 0.6 is 0 Å². The van der Waals surface area contributed by atoms with Gasteiger partial charge in [-0.3, -0.25) is 0 Å². The van der Waals surface area contributed by atoms with Crippen molar-refractivity contribution in [1.29, 1.82) is 0 Å². The van der Waals surface area contributed by atoms with Crippen molar-refractivity contribution in [3.63, 3.8) is 0 Å². The van der Waals surface area contributed by atoms with E-state index in [0.29, 0.717) is 0 Å². The van der Waals surface area contributed by atoms with E-state index in [4.69, 9.17) is 0 Å². The number of hydrogen-bond donors (Lipinski definition) is 1. The summed E-state index contributed by atoms with van der Waals surface area (Å²) in [5, 5.41) is 2.93. The maximum atomic E-state index is 10.6. The Balaban J connectivity index is 2.31. The van der Waals surface area contributed by atoms with E-state index in [1.54, 1.807) is 0 Å². The van der Waals surface area contributed by atoms with Crippen LogP contribution in [0.3, 0.4) is 0 Å². The van der Waals surface area contributed by atoms with Crippen LogP contribution in [0.15, 0.2) is 0 Å². The summed E-state index contributed by atoms with van der Waals surface area (Å²) in [4.78, 5) is 10.6. The number of nitrogens with one attached hydrogen (secondary N) is 1. The molecule has 0 aromatic rings. The minimum atomic E-state index is -0.130. The largest absolute Gasteiger partial charge is 0.740 e. The summed E-state index contributed by atoms with van der Waals surface area (Å²) in [6.45, 7) is 0.951. The molecule has 0 bridgehead atoms. The lowest BCUT2D eigenvalue weighted by Crippen LogP contribution is -2.39. The fourth-order valence-electron chi connectivity index (χ4n) is 1.05. The highest BCUT2D eigenvalue weighted by Crippen LogP contribution is 2.06. The summed E-state index contributed by atoms with van der Waals surface area (Å²) < 4.78 is 0. The topological polar surface area (TPSA) is 29.1 Å². The molecule has 0 aliphatic carbocycles. The SMILES string of the molecule is O=C([S-])C1CCCCN1. The Labute approximate surface area is 60.4 Å². The van der Waals surface area contributed by atoms with Gasteiger partial charge in [0.1, 0.15) is 0 Å². The quantitative estimate of drug-likeness (QED) is 0.533. The van der Waals surface area contributed by atoms with Gasteiger partial charge in [0.25, 0.3) is 0 Å². The first kappa shape index (κ1) is 6.96. The summed E-state index contributed by atoms with van der Waals surface area (Å²) in [5.41, 5.74) is 0. The molecule has 0 aromatic carbocycles. The van der Waals surface area contributed by atoms with E-state index in [1.807, 2.05) is 0 Å². The summed E-state index contributed by atoms with van der Waals surface area (Å²) in [5.74, 6) is 0. The Bertz CT molecular complexity index is 110. The van der Waals surface area contributed by atoms with Crippen LogP contribution < -0.4 is 5.32 Å². The molecule has 1 aliphatic rings. The maximum absolute atomic E-state index is 10.6. The second kappa shape index (κ2) is 3.13. The molecule has 1 rings (SSSR count). The third-order valence-corrected chi connectivity index (χ3v) is 1.88. The lowest BCUT2D eigenvalue weighted by atomic mass is 10.1. The normalized spacial score (nSPS) is 27.8. The van der Waals surface area contributed by atoms with E-state index in [2.05, 4.69) is 17.9 Å². The van der Waals surface area contributed by atoms with Gasteiger partial charge in [0.05, 0.1) is 0 Å². The van der Waals surface area contributed by atoms with E-state index < -0.39 is 0 Å². The molecule has 1 heterocycles. The van der Waals surface area contributed by atoms with Crippen molar-refractivity contribution in [3.8, 4) is 0 Å². The van der Waals surface area contributed by atoms with Gasteiger partial charge in [0, 0.05) is 11.2 Å². The molecule has 1 N–H and O–H groups in total. The van der Waals surface area contributed by atoms with Crippen LogP contribution in [-0.2, 0) is 17.4 Å². The summed E-state index contributed by atoms with van der Waals surface area (Å²) in [7, 11) is 0. The van der Waals surface area contributed by atoms with Crippen molar-refractivity contribution in [1.82, 2.24) is 5.32 Å². The molecule has 3 heteroatoms. The first-order valence-electron chi connectivity index (χ1n) is 3.25. The van der Waals surface area contributed by atoms with Crippen molar-refractivity contribution in [2.75, 3.05) is 6.54 Å². The van der Waals surface area contributed by atoms with Crippen LogP contribution in [0.25, 0.3) is 0 Å². The minimum absolute atomic E-state index is 0.0197. The first-order chi connectivity index (χ1) is 4.30. The zero-order chi connectivity index (χ0) is 6.69. The molecule has 2 nitrogen and oxygen atoms in total. The Morgan fingerprint density at radius 3 is 2.67 bits per heavy atom. The lowest BCUT2D eigenvalue weighted by Gasteiger charge is -2.24. The van der Waals surface area contributed by atoms with Gasteiger partial charge >= 0.3 is 0 Å². The van der Waals surface area contributed by atoms with Crippen LogP contribution in [-0.4, -0.2) is 17.7 Å². The van der Waals surface area contributed by atoms with E-state index in [9.17, 15) is 4.79 Å². The van der Waals surface area contributed by atoms with Crippen LogP contribution in [0.1, 0.15) is 19.3 Å². The van der Waals surface area contributed by atoms with Crippen molar-refractivity contribution in [2.24, 2.45) is 0 Å². The molecule has 0 aromatic heterocycles. The van der Waals surface area contributed by atoms with Gasteiger partial charge in [-0.05, 0) is 19.4 Å². The molecule has 0 saturated carbocycles. The van der Waals surface area contributed by atoms with Gasteiger partial charge < -0.3 is 22.7 Å². The molecule has 0 spiro atoms. The third-order valence-electron chi connectivity index (χ3n) is 1.59. The Morgan fingerprint density at radius 1 is 1.56 bits per heavy atom. The second-order valence-corrected chi connectivity index (χ2v) is 2.72. The van der Waals surface area contributed by atoms with Crippen LogP contribution in [0.4, 0.5) is 0 Å². The minimum Gasteiger partial charge on any atom is -0.740 e. The Morgan fingerprint density at radius 2 is 2.33 bits per heavy atom. The number of carbonyl (C=O) groups excluding carboxylic acids is 1. The molecule has 1 atom stereocenters. The Kier molecular flexibility index (Phi) is 2.42. The van der Waals surface area contributed by atoms with Crippen molar-refractivity contribution in [3.05, 3.63) is 0 Å². The highest BCUT2D eigenvalue weighted by Gasteiger charge is 2.11. The van der Waals surface area contributed by atoms with Crippen molar-refractivity contribution >= 4 is 17.7 Å². The van der Waals surface area contributed by atoms with Gasteiger partial charge in [0.2, 0.25) is 0 Å². The standard InChI is InChI=1S/C6H11NOS/c8-6(9)5-3-1-2-4-7-5/h5,7H,1-4H2,(H,8,9)/p-1. The maximum Gasteiger partial charge on any atom is 0.0439 e. The van der Waals surface area contributed by atoms with E-state index in [-0.39, 0.29) is 11.2 Å². The van der Waals surface area contributed by atoms with E-state index in [1.165, 1.54) is 6.42 Å². The predicted molar refractivity (Wildman–Crippen MR) is 38.0 cm³/mol. The average Bonchev–Trinajstić information content (AvgIpc) is 1.90. The number of hydrogen-bond acceptors (Lipinski definition) is 3. The zero-order valence-corrected chi connectivity index (χ0v) is 6.04. The van der Waals surface area contributed by atoms with E-state index >= 15 is 0 Å². The molecular weight excluding hydrogens is 134 g/mol. The van der Waals surface area contributed by atoms with Crippen LogP contribution in [0, 0.1) is 0 Å². The highest BCUT2D eigenvalue weighted by atomic mass is 32.1. The van der Waals surface area contributed by atoms with Crippen LogP contribution in [0.5, 0.6) is 0 Å². The third kappa shape index (κ3) is 1.91. The molecular formula is C6H10NOS-. The summed E-state index contributed by atoms with van der Waals surface area (Å²) >= 11 is 4.50. The monoisotopic (exact) mass is 144 g/mol. The first-order valence-corrected chi connectivity index (χ1v) is 3.66. The molecule has 9 heavy (non-hydrogen) atoms. The molecule has 1 saturated heterocycles. The van der Waals surface area contributed by atoms with Gasteiger partial charge in [-0.15, -0.1) is 0 Å². The second-order valence-electron chi connectivity index (χ2n) is 2.32. The fourth-order valence-corrected chi connectivity index (χ4v) is 1.25. The zero-order valence-electron chi connectivity index (χ0n) is 5.22. The molecule has 1 fully saturated rings. The molecule has 0 amide bonds. The van der Waals surface area contributed by atoms with Gasteiger partial charge in [-0.1, -0.05) is 6.42 Å². The predicted octanol–water partition coefficient (Wildman–Crippen LogP) is 0.202. The van der Waals surface area contributed by atoms with Crippen molar-refractivity contribution < 1.29 is 4.79 Å². The number of rotatable bonds is 1. The molecule has 1 aliphatic heterocycles. The van der Waals surface area contributed by atoms with Gasteiger partial charge in [-0.2, -0.15) is 0 Å².